The second-order valence-electron chi connectivity index (χ2n) is 7.76. The van der Waals surface area contributed by atoms with Crippen LogP contribution in [0.5, 0.6) is 0 Å². The lowest BCUT2D eigenvalue weighted by molar-refractivity contribution is 0.0546. The molecule has 0 N–H and O–H groups in total. The number of rotatable bonds is 3. The van der Waals surface area contributed by atoms with Crippen molar-refractivity contribution < 1.29 is 4.79 Å². The van der Waals surface area contributed by atoms with Crippen LogP contribution < -0.4 is 0 Å². The molecule has 5 rings (SSSR count). The molecule has 4 aromatic heterocycles. The first-order chi connectivity index (χ1) is 14.6. The zero-order valence-corrected chi connectivity index (χ0v) is 17.8. The van der Waals surface area contributed by atoms with Crippen molar-refractivity contribution in [3.8, 4) is 11.1 Å². The van der Waals surface area contributed by atoms with Crippen molar-refractivity contribution in [2.24, 2.45) is 0 Å². The molecule has 1 atom stereocenters. The van der Waals surface area contributed by atoms with Crippen molar-refractivity contribution >= 4 is 22.8 Å². The molecule has 4 aromatic rings. The summed E-state index contributed by atoms with van der Waals surface area (Å²) < 4.78 is 2.07. The third-order valence-corrected chi connectivity index (χ3v) is 6.87. The van der Waals surface area contributed by atoms with Crippen LogP contribution in [0.25, 0.3) is 16.6 Å². The summed E-state index contributed by atoms with van der Waals surface area (Å²) in [5.41, 5.74) is 5.31. The van der Waals surface area contributed by atoms with Gasteiger partial charge in [0.15, 0.2) is 0 Å². The standard InChI is InChI=1S/C23H23N5OS/c1-16-7-11-30-22(16)23(29)27-10-9-26(2)20(14-27)21-19-6-5-18(13-28(19)15-25-21)17-4-3-8-24-12-17/h3-8,11-13,15,20H,9-10,14H2,1-2H3/t20-/m1/s1. The minimum absolute atomic E-state index is 0.0669. The summed E-state index contributed by atoms with van der Waals surface area (Å²) in [4.78, 5) is 27.1. The Kier molecular flexibility index (Phi) is 4.84. The van der Waals surface area contributed by atoms with E-state index in [1.54, 1.807) is 6.20 Å². The molecule has 0 spiro atoms. The quantitative estimate of drug-likeness (QED) is 0.507. The first kappa shape index (κ1) is 19.0. The van der Waals surface area contributed by atoms with Crippen LogP contribution in [0.4, 0.5) is 0 Å². The summed E-state index contributed by atoms with van der Waals surface area (Å²) in [6, 6.07) is 10.3. The Hall–Kier alpha value is -3.03. The Morgan fingerprint density at radius 2 is 2.07 bits per heavy atom. The molecule has 1 aliphatic heterocycles. The summed E-state index contributed by atoms with van der Waals surface area (Å²) in [5, 5.41) is 1.98. The summed E-state index contributed by atoms with van der Waals surface area (Å²) >= 11 is 1.52. The van der Waals surface area contributed by atoms with E-state index in [2.05, 4.69) is 45.7 Å². The van der Waals surface area contributed by atoms with E-state index in [1.165, 1.54) is 11.3 Å². The van der Waals surface area contributed by atoms with E-state index in [0.717, 1.165) is 45.9 Å². The van der Waals surface area contributed by atoms with Gasteiger partial charge in [-0.1, -0.05) is 12.1 Å². The highest BCUT2D eigenvalue weighted by molar-refractivity contribution is 7.12. The minimum atomic E-state index is 0.0669. The first-order valence-corrected chi connectivity index (χ1v) is 10.9. The number of piperazine rings is 1. The molecule has 7 heteroatoms. The second kappa shape index (κ2) is 7.66. The van der Waals surface area contributed by atoms with E-state index in [0.29, 0.717) is 6.54 Å². The van der Waals surface area contributed by atoms with Crippen molar-refractivity contribution in [3.05, 3.63) is 76.8 Å². The Bertz CT molecular complexity index is 1200. The number of fused-ring (bicyclic) bond motifs is 1. The molecule has 0 aliphatic carbocycles. The lowest BCUT2D eigenvalue weighted by Crippen LogP contribution is -2.49. The van der Waals surface area contributed by atoms with Gasteiger partial charge >= 0.3 is 0 Å². The smallest absolute Gasteiger partial charge is 0.264 e. The number of aryl methyl sites for hydroxylation is 1. The number of nitrogens with zero attached hydrogens (tertiary/aromatic N) is 5. The van der Waals surface area contributed by atoms with E-state index in [4.69, 9.17) is 4.98 Å². The molecule has 0 radical (unpaired) electrons. The van der Waals surface area contributed by atoms with Gasteiger partial charge in [-0.3, -0.25) is 14.7 Å². The van der Waals surface area contributed by atoms with E-state index in [1.807, 2.05) is 41.9 Å². The molecule has 152 valence electrons. The maximum absolute atomic E-state index is 13.1. The number of carbonyl (C=O) groups excluding carboxylic acids is 1. The predicted octanol–water partition coefficient (Wildman–Crippen LogP) is 3.90. The molecule has 0 saturated carbocycles. The number of amides is 1. The van der Waals surface area contributed by atoms with Crippen LogP contribution >= 0.6 is 11.3 Å². The Labute approximate surface area is 179 Å². The first-order valence-electron chi connectivity index (χ1n) is 10.0. The molecule has 1 aliphatic rings. The van der Waals surface area contributed by atoms with Crippen LogP contribution in [0.3, 0.4) is 0 Å². The average Bonchev–Trinajstić information content (AvgIpc) is 3.40. The summed E-state index contributed by atoms with van der Waals surface area (Å²) in [6.07, 6.45) is 7.59. The number of imidazole rings is 1. The van der Waals surface area contributed by atoms with Gasteiger partial charge < -0.3 is 9.30 Å². The highest BCUT2D eigenvalue weighted by Gasteiger charge is 2.32. The summed E-state index contributed by atoms with van der Waals surface area (Å²) in [6.45, 7) is 4.21. The van der Waals surface area contributed by atoms with Gasteiger partial charge in [-0.05, 0) is 48.7 Å². The Morgan fingerprint density at radius 3 is 2.83 bits per heavy atom. The fraction of sp³-hybridized carbons (Fsp3) is 0.261. The third kappa shape index (κ3) is 3.30. The molecule has 6 nitrogen and oxygen atoms in total. The van der Waals surface area contributed by atoms with Crippen molar-refractivity contribution in [3.63, 3.8) is 0 Å². The van der Waals surface area contributed by atoms with Gasteiger partial charge in [-0.25, -0.2) is 4.98 Å². The number of hydrogen-bond donors (Lipinski definition) is 0. The van der Waals surface area contributed by atoms with E-state index >= 15 is 0 Å². The van der Waals surface area contributed by atoms with Crippen LogP contribution in [-0.4, -0.2) is 56.8 Å². The van der Waals surface area contributed by atoms with Gasteiger partial charge in [0.05, 0.1) is 28.5 Å². The number of pyridine rings is 2. The maximum atomic E-state index is 13.1. The van der Waals surface area contributed by atoms with Gasteiger partial charge in [0.2, 0.25) is 0 Å². The monoisotopic (exact) mass is 417 g/mol. The fourth-order valence-corrected chi connectivity index (χ4v) is 4.96. The van der Waals surface area contributed by atoms with Crippen LogP contribution in [0.15, 0.2) is 60.6 Å². The molecule has 0 bridgehead atoms. The highest BCUT2D eigenvalue weighted by Crippen LogP contribution is 2.29. The topological polar surface area (TPSA) is 53.7 Å². The number of aromatic nitrogens is 3. The van der Waals surface area contributed by atoms with Gasteiger partial charge in [0.1, 0.15) is 0 Å². The third-order valence-electron chi connectivity index (χ3n) is 5.86. The van der Waals surface area contributed by atoms with Gasteiger partial charge in [0.25, 0.3) is 5.91 Å². The molecule has 5 heterocycles. The highest BCUT2D eigenvalue weighted by atomic mass is 32.1. The lowest BCUT2D eigenvalue weighted by Gasteiger charge is -2.38. The largest absolute Gasteiger partial charge is 0.335 e. The number of thiophene rings is 1. The van der Waals surface area contributed by atoms with E-state index in [9.17, 15) is 4.79 Å². The zero-order chi connectivity index (χ0) is 20.7. The van der Waals surface area contributed by atoms with Crippen LogP contribution in [0, 0.1) is 6.92 Å². The zero-order valence-electron chi connectivity index (χ0n) is 17.0. The summed E-state index contributed by atoms with van der Waals surface area (Å²) in [5.74, 6) is 0.128. The van der Waals surface area contributed by atoms with Crippen molar-refractivity contribution in [2.45, 2.75) is 13.0 Å². The molecule has 1 saturated heterocycles. The normalized spacial score (nSPS) is 17.5. The van der Waals surface area contributed by atoms with Gasteiger partial charge in [0, 0.05) is 43.8 Å². The van der Waals surface area contributed by atoms with Gasteiger partial charge in [-0.2, -0.15) is 0 Å². The number of likely N-dealkylation sites (N-methyl/N-ethyl adjacent to an activating group) is 1. The molecule has 1 amide bonds. The molecule has 30 heavy (non-hydrogen) atoms. The van der Waals surface area contributed by atoms with E-state index in [-0.39, 0.29) is 11.9 Å². The fourth-order valence-electron chi connectivity index (χ4n) is 4.07. The van der Waals surface area contributed by atoms with Gasteiger partial charge in [-0.15, -0.1) is 11.3 Å². The SMILES string of the molecule is Cc1ccsc1C(=O)N1CCN(C)[C@@H](c2ncn3cc(-c4cccnc4)ccc23)C1. The predicted molar refractivity (Wildman–Crippen MR) is 119 cm³/mol. The molecular weight excluding hydrogens is 394 g/mol. The van der Waals surface area contributed by atoms with Crippen LogP contribution in [0.1, 0.15) is 27.0 Å². The number of carbonyl (C=O) groups is 1. The van der Waals surface area contributed by atoms with Crippen LogP contribution in [-0.2, 0) is 0 Å². The number of hydrogen-bond acceptors (Lipinski definition) is 5. The maximum Gasteiger partial charge on any atom is 0.264 e. The van der Waals surface area contributed by atoms with Crippen LogP contribution in [0.2, 0.25) is 0 Å². The van der Waals surface area contributed by atoms with Crippen molar-refractivity contribution in [1.82, 2.24) is 24.2 Å². The minimum Gasteiger partial charge on any atom is -0.335 e. The van der Waals surface area contributed by atoms with Crippen molar-refractivity contribution in [1.29, 1.82) is 0 Å². The summed E-state index contributed by atoms with van der Waals surface area (Å²) in [7, 11) is 2.11. The molecule has 0 unspecified atom stereocenters. The van der Waals surface area contributed by atoms with Crippen molar-refractivity contribution in [2.75, 3.05) is 26.7 Å². The van der Waals surface area contributed by atoms with E-state index < -0.39 is 0 Å². The Morgan fingerprint density at radius 1 is 1.17 bits per heavy atom. The average molecular weight is 418 g/mol. The molecule has 1 fully saturated rings. The Balaban J connectivity index is 1.45. The lowest BCUT2D eigenvalue weighted by atomic mass is 10.1. The molecule has 0 aromatic carbocycles. The molecular formula is C23H23N5OS. The second-order valence-corrected chi connectivity index (χ2v) is 8.68.